The quantitative estimate of drug-likeness (QED) is 0.353. The zero-order valence-corrected chi connectivity index (χ0v) is 17.6. The molecule has 2 aromatic carbocycles. The van der Waals surface area contributed by atoms with E-state index in [1.54, 1.807) is 38.1 Å². The first-order chi connectivity index (χ1) is 14.9. The molecular weight excluding hydrogens is 402 g/mol. The van der Waals surface area contributed by atoms with Crippen LogP contribution in [0.2, 0.25) is 0 Å². The minimum atomic E-state index is -1.63. The average Bonchev–Trinajstić information content (AvgIpc) is 2.74. The Balaban J connectivity index is 2.30. The van der Waals surface area contributed by atoms with E-state index in [2.05, 4.69) is 5.32 Å². The molecule has 0 aromatic heterocycles. The highest BCUT2D eigenvalue weighted by atomic mass is 16.6. The van der Waals surface area contributed by atoms with Crippen molar-refractivity contribution in [2.24, 2.45) is 5.92 Å². The van der Waals surface area contributed by atoms with Gasteiger partial charge in [-0.2, -0.15) is 0 Å². The third-order valence-corrected chi connectivity index (χ3v) is 4.17. The summed E-state index contributed by atoms with van der Waals surface area (Å²) in [6.07, 6.45) is 0. The summed E-state index contributed by atoms with van der Waals surface area (Å²) in [5.74, 6) is -3.62. The summed E-state index contributed by atoms with van der Waals surface area (Å²) in [5, 5.41) is 2.39. The zero-order chi connectivity index (χ0) is 22.8. The number of rotatable bonds is 10. The summed E-state index contributed by atoms with van der Waals surface area (Å²) in [7, 11) is 0. The number of hydrogen-bond acceptors (Lipinski definition) is 7. The molecule has 1 atom stereocenters. The molecule has 0 spiro atoms. The molecule has 0 radical (unpaired) electrons. The molecule has 2 aromatic rings. The lowest BCUT2D eigenvalue weighted by atomic mass is 9.91. The van der Waals surface area contributed by atoms with Gasteiger partial charge in [0, 0.05) is 12.5 Å². The standard InChI is InChI=1S/C23H25NO7/c1-4-29-22(27)19(23(28)30-5-2)20(24-15(3)25)21(26)16-11-13-18(14-12-16)31-17-9-7-6-8-10-17/h6-14,19-20H,4-5H2,1-3H3,(H,24,25). The highest BCUT2D eigenvalue weighted by molar-refractivity contribution is 6.09. The van der Waals surface area contributed by atoms with Crippen LogP contribution in [0.25, 0.3) is 0 Å². The monoisotopic (exact) mass is 427 g/mol. The van der Waals surface area contributed by atoms with E-state index in [0.29, 0.717) is 11.5 Å². The SMILES string of the molecule is CCOC(=O)C(C(=O)OCC)C(NC(C)=O)C(=O)c1ccc(Oc2ccccc2)cc1. The van der Waals surface area contributed by atoms with Gasteiger partial charge in [0.1, 0.15) is 17.5 Å². The van der Waals surface area contributed by atoms with Crippen LogP contribution in [0, 0.1) is 5.92 Å². The molecule has 31 heavy (non-hydrogen) atoms. The Morgan fingerprint density at radius 2 is 1.32 bits per heavy atom. The van der Waals surface area contributed by atoms with Crippen LogP contribution in [0.5, 0.6) is 11.5 Å². The summed E-state index contributed by atoms with van der Waals surface area (Å²) in [5.41, 5.74) is 0.178. The highest BCUT2D eigenvalue weighted by Crippen LogP contribution is 2.23. The number of nitrogens with one attached hydrogen (secondary N) is 1. The van der Waals surface area contributed by atoms with Gasteiger partial charge in [0.25, 0.3) is 0 Å². The molecule has 0 aliphatic heterocycles. The molecule has 8 heteroatoms. The third kappa shape index (κ3) is 6.67. The number of benzene rings is 2. The summed E-state index contributed by atoms with van der Waals surface area (Å²) in [4.78, 5) is 49.7. The second-order valence-corrected chi connectivity index (χ2v) is 6.46. The Labute approximate surface area is 180 Å². The van der Waals surface area contributed by atoms with Crippen molar-refractivity contribution in [1.29, 1.82) is 0 Å². The lowest BCUT2D eigenvalue weighted by Crippen LogP contribution is -2.51. The van der Waals surface area contributed by atoms with Gasteiger partial charge in [-0.25, -0.2) is 0 Å². The maximum absolute atomic E-state index is 13.1. The fourth-order valence-corrected chi connectivity index (χ4v) is 2.84. The molecule has 0 saturated carbocycles. The van der Waals surface area contributed by atoms with Crippen LogP contribution in [0.4, 0.5) is 0 Å². The Hall–Kier alpha value is -3.68. The number of ether oxygens (including phenoxy) is 3. The van der Waals surface area contributed by atoms with E-state index in [0.717, 1.165) is 0 Å². The number of carbonyl (C=O) groups is 4. The summed E-state index contributed by atoms with van der Waals surface area (Å²) < 4.78 is 15.6. The van der Waals surface area contributed by atoms with Crippen molar-refractivity contribution in [3.63, 3.8) is 0 Å². The van der Waals surface area contributed by atoms with Crippen molar-refractivity contribution in [3.05, 3.63) is 60.2 Å². The Morgan fingerprint density at radius 3 is 1.81 bits per heavy atom. The van der Waals surface area contributed by atoms with E-state index in [-0.39, 0.29) is 18.8 Å². The van der Waals surface area contributed by atoms with Crippen molar-refractivity contribution < 1.29 is 33.4 Å². The summed E-state index contributed by atoms with van der Waals surface area (Å²) in [6, 6.07) is 13.8. The molecular formula is C23H25NO7. The minimum Gasteiger partial charge on any atom is -0.465 e. The largest absolute Gasteiger partial charge is 0.465 e. The van der Waals surface area contributed by atoms with Crippen LogP contribution in [0.3, 0.4) is 0 Å². The predicted octanol–water partition coefficient (Wildman–Crippen LogP) is 2.91. The third-order valence-electron chi connectivity index (χ3n) is 4.17. The number of amides is 1. The van der Waals surface area contributed by atoms with Gasteiger partial charge < -0.3 is 19.5 Å². The Morgan fingerprint density at radius 1 is 0.806 bits per heavy atom. The summed E-state index contributed by atoms with van der Waals surface area (Å²) >= 11 is 0. The lowest BCUT2D eigenvalue weighted by molar-refractivity contribution is -0.162. The van der Waals surface area contributed by atoms with Gasteiger partial charge >= 0.3 is 11.9 Å². The van der Waals surface area contributed by atoms with Gasteiger partial charge in [0.2, 0.25) is 5.91 Å². The molecule has 0 bridgehead atoms. The Kier molecular flexibility index (Phi) is 8.75. The van der Waals surface area contributed by atoms with Gasteiger partial charge in [-0.1, -0.05) is 18.2 Å². The number of Topliss-reactive ketones (excluding diaryl/α,β-unsaturated/α-hetero) is 1. The van der Waals surface area contributed by atoms with Crippen LogP contribution in [-0.2, 0) is 23.9 Å². The molecule has 0 saturated heterocycles. The van der Waals surface area contributed by atoms with Crippen LogP contribution in [0.1, 0.15) is 31.1 Å². The first-order valence-corrected chi connectivity index (χ1v) is 9.84. The van der Waals surface area contributed by atoms with Crippen molar-refractivity contribution in [1.82, 2.24) is 5.32 Å². The van der Waals surface area contributed by atoms with Crippen LogP contribution >= 0.6 is 0 Å². The van der Waals surface area contributed by atoms with Gasteiger partial charge in [-0.15, -0.1) is 0 Å². The lowest BCUT2D eigenvalue weighted by Gasteiger charge is -2.24. The molecule has 8 nitrogen and oxygen atoms in total. The topological polar surface area (TPSA) is 108 Å². The zero-order valence-electron chi connectivity index (χ0n) is 17.6. The normalized spacial score (nSPS) is 11.4. The molecule has 164 valence electrons. The van der Waals surface area contributed by atoms with E-state index in [1.807, 2.05) is 18.2 Å². The first kappa shape index (κ1) is 23.6. The molecule has 2 rings (SSSR count). The molecule has 0 aliphatic carbocycles. The smallest absolute Gasteiger partial charge is 0.322 e. The minimum absolute atomic E-state index is 0.00123. The number of hydrogen-bond donors (Lipinski definition) is 1. The number of esters is 2. The van der Waals surface area contributed by atoms with Crippen molar-refractivity contribution in [2.45, 2.75) is 26.8 Å². The van der Waals surface area contributed by atoms with Crippen molar-refractivity contribution in [2.75, 3.05) is 13.2 Å². The molecule has 0 fully saturated rings. The van der Waals surface area contributed by atoms with Gasteiger partial charge in [0.15, 0.2) is 11.7 Å². The second-order valence-electron chi connectivity index (χ2n) is 6.46. The van der Waals surface area contributed by atoms with Gasteiger partial charge in [0.05, 0.1) is 13.2 Å². The maximum Gasteiger partial charge on any atom is 0.322 e. The van der Waals surface area contributed by atoms with E-state index < -0.39 is 35.6 Å². The van der Waals surface area contributed by atoms with Gasteiger partial charge in [-0.3, -0.25) is 19.2 Å². The molecule has 1 amide bonds. The predicted molar refractivity (Wildman–Crippen MR) is 112 cm³/mol. The van der Waals surface area contributed by atoms with E-state index in [1.165, 1.54) is 19.1 Å². The highest BCUT2D eigenvalue weighted by Gasteiger charge is 2.42. The average molecular weight is 427 g/mol. The molecule has 1 N–H and O–H groups in total. The fourth-order valence-electron chi connectivity index (χ4n) is 2.84. The number of carbonyl (C=O) groups excluding carboxylic acids is 4. The van der Waals surface area contributed by atoms with E-state index in [9.17, 15) is 19.2 Å². The van der Waals surface area contributed by atoms with Gasteiger partial charge in [-0.05, 0) is 50.2 Å². The maximum atomic E-state index is 13.1. The molecule has 1 unspecified atom stereocenters. The number of para-hydroxylation sites is 1. The van der Waals surface area contributed by atoms with Crippen molar-refractivity contribution in [3.8, 4) is 11.5 Å². The molecule has 0 aliphatic rings. The van der Waals surface area contributed by atoms with E-state index >= 15 is 0 Å². The fraction of sp³-hybridized carbons (Fsp3) is 0.304. The molecule has 0 heterocycles. The van der Waals surface area contributed by atoms with E-state index in [4.69, 9.17) is 14.2 Å². The van der Waals surface area contributed by atoms with Crippen LogP contribution in [-0.4, -0.2) is 42.9 Å². The second kappa shape index (κ2) is 11.5. The Bertz CT molecular complexity index is 891. The van der Waals surface area contributed by atoms with Crippen molar-refractivity contribution >= 4 is 23.6 Å². The number of ketones is 1. The first-order valence-electron chi connectivity index (χ1n) is 9.84. The van der Waals surface area contributed by atoms with Crippen LogP contribution in [0.15, 0.2) is 54.6 Å². The summed E-state index contributed by atoms with van der Waals surface area (Å²) in [6.45, 7) is 4.33. The van der Waals surface area contributed by atoms with Crippen LogP contribution < -0.4 is 10.1 Å².